The molecule has 29 heavy (non-hydrogen) atoms. The number of nitrogens with zero attached hydrogens (tertiary/aromatic N) is 2. The monoisotopic (exact) mass is 390 g/mol. The summed E-state index contributed by atoms with van der Waals surface area (Å²) < 4.78 is 6.57. The van der Waals surface area contributed by atoms with Crippen LogP contribution < -0.4 is 0 Å². The number of hydrogen-bond donors (Lipinski definition) is 1. The van der Waals surface area contributed by atoms with Gasteiger partial charge in [0.2, 0.25) is 0 Å². The first-order valence-corrected chi connectivity index (χ1v) is 9.43. The van der Waals surface area contributed by atoms with Crippen molar-refractivity contribution in [2.45, 2.75) is 26.4 Å². The predicted molar refractivity (Wildman–Crippen MR) is 115 cm³/mol. The molecule has 0 fully saturated rings. The molecule has 150 valence electrons. The summed E-state index contributed by atoms with van der Waals surface area (Å²) in [5.74, 6) is -0.345. The SMILES string of the molecule is COC(=O)c1cccc(/C=C/c2ccc(-c3cc(C(C)(C)O)nn3C)c(C)c2)c1. The molecule has 0 spiro atoms. The number of carbonyl (C=O) groups excluding carboxylic acids is 1. The van der Waals surface area contributed by atoms with Gasteiger partial charge in [-0.25, -0.2) is 4.79 Å². The number of aryl methyl sites for hydroxylation is 2. The first kappa shape index (κ1) is 20.6. The summed E-state index contributed by atoms with van der Waals surface area (Å²) in [5, 5.41) is 14.7. The van der Waals surface area contributed by atoms with Crippen LogP contribution in [0.2, 0.25) is 0 Å². The zero-order valence-corrected chi connectivity index (χ0v) is 17.4. The van der Waals surface area contributed by atoms with E-state index >= 15 is 0 Å². The summed E-state index contributed by atoms with van der Waals surface area (Å²) in [6, 6.07) is 15.4. The molecule has 3 rings (SSSR count). The maximum atomic E-state index is 11.7. The fourth-order valence-electron chi connectivity index (χ4n) is 3.18. The number of benzene rings is 2. The second-order valence-corrected chi connectivity index (χ2v) is 7.62. The molecule has 2 aromatic carbocycles. The van der Waals surface area contributed by atoms with Gasteiger partial charge in [0.1, 0.15) is 5.60 Å². The van der Waals surface area contributed by atoms with E-state index in [0.29, 0.717) is 11.3 Å². The molecule has 0 unspecified atom stereocenters. The van der Waals surface area contributed by atoms with E-state index < -0.39 is 5.60 Å². The summed E-state index contributed by atoms with van der Waals surface area (Å²) in [4.78, 5) is 11.7. The van der Waals surface area contributed by atoms with Crippen molar-refractivity contribution in [1.82, 2.24) is 9.78 Å². The van der Waals surface area contributed by atoms with Crippen LogP contribution in [-0.4, -0.2) is 28.0 Å². The van der Waals surface area contributed by atoms with Gasteiger partial charge in [0.15, 0.2) is 0 Å². The Morgan fingerprint density at radius 1 is 1.10 bits per heavy atom. The van der Waals surface area contributed by atoms with Crippen LogP contribution in [0.4, 0.5) is 0 Å². The molecule has 1 heterocycles. The van der Waals surface area contributed by atoms with Gasteiger partial charge in [0.25, 0.3) is 0 Å². The van der Waals surface area contributed by atoms with E-state index in [2.05, 4.69) is 24.2 Å². The standard InChI is InChI=1S/C24H26N2O3/c1-16-13-18(10-9-17-7-6-8-19(14-17)23(27)29-5)11-12-20(16)21-15-22(24(2,3)28)25-26(21)4/h6-15,28H,1-5H3/b10-9+. The highest BCUT2D eigenvalue weighted by atomic mass is 16.5. The number of esters is 1. The molecule has 0 radical (unpaired) electrons. The molecule has 0 bridgehead atoms. The lowest BCUT2D eigenvalue weighted by atomic mass is 9.99. The Bertz CT molecular complexity index is 1070. The van der Waals surface area contributed by atoms with Gasteiger partial charge >= 0.3 is 5.97 Å². The van der Waals surface area contributed by atoms with Crippen molar-refractivity contribution < 1.29 is 14.6 Å². The van der Waals surface area contributed by atoms with E-state index in [1.54, 1.807) is 30.7 Å². The molecule has 0 aliphatic heterocycles. The Balaban J connectivity index is 1.86. The largest absolute Gasteiger partial charge is 0.465 e. The average molecular weight is 390 g/mol. The Morgan fingerprint density at radius 3 is 2.38 bits per heavy atom. The highest BCUT2D eigenvalue weighted by molar-refractivity contribution is 5.90. The van der Waals surface area contributed by atoms with Gasteiger partial charge in [-0.05, 0) is 55.7 Å². The lowest BCUT2D eigenvalue weighted by molar-refractivity contribution is 0.0600. The van der Waals surface area contributed by atoms with Crippen LogP contribution in [0.3, 0.4) is 0 Å². The van der Waals surface area contributed by atoms with Crippen molar-refractivity contribution in [1.29, 1.82) is 0 Å². The van der Waals surface area contributed by atoms with Crippen molar-refractivity contribution >= 4 is 18.1 Å². The smallest absolute Gasteiger partial charge is 0.337 e. The third-order valence-electron chi connectivity index (χ3n) is 4.81. The quantitative estimate of drug-likeness (QED) is 0.512. The van der Waals surface area contributed by atoms with Gasteiger partial charge in [-0.15, -0.1) is 0 Å². The molecule has 1 aromatic heterocycles. The van der Waals surface area contributed by atoms with Gasteiger partial charge in [-0.2, -0.15) is 5.10 Å². The van der Waals surface area contributed by atoms with Crippen LogP contribution in [0.5, 0.6) is 0 Å². The van der Waals surface area contributed by atoms with Gasteiger partial charge in [0.05, 0.1) is 24.1 Å². The van der Waals surface area contributed by atoms with Crippen molar-refractivity contribution in [2.24, 2.45) is 7.05 Å². The maximum absolute atomic E-state index is 11.7. The Kier molecular flexibility index (Phi) is 5.71. The number of methoxy groups -OCH3 is 1. The van der Waals surface area contributed by atoms with Gasteiger partial charge in [-0.3, -0.25) is 4.68 Å². The first-order chi connectivity index (χ1) is 13.7. The van der Waals surface area contributed by atoms with Crippen LogP contribution >= 0.6 is 0 Å². The van der Waals surface area contributed by atoms with Crippen molar-refractivity contribution in [2.75, 3.05) is 7.11 Å². The predicted octanol–water partition coefficient (Wildman–Crippen LogP) is 4.58. The van der Waals surface area contributed by atoms with Crippen LogP contribution in [-0.2, 0) is 17.4 Å². The second-order valence-electron chi connectivity index (χ2n) is 7.62. The highest BCUT2D eigenvalue weighted by Crippen LogP contribution is 2.28. The summed E-state index contributed by atoms with van der Waals surface area (Å²) in [5.41, 5.74) is 5.31. The minimum absolute atomic E-state index is 0.345. The molecule has 1 N–H and O–H groups in total. The number of hydrogen-bond acceptors (Lipinski definition) is 4. The Hall–Kier alpha value is -3.18. The molecule has 0 aliphatic carbocycles. The lowest BCUT2D eigenvalue weighted by Crippen LogP contribution is -2.16. The topological polar surface area (TPSA) is 64.3 Å². The molecule has 0 saturated carbocycles. The second kappa shape index (κ2) is 8.05. The minimum Gasteiger partial charge on any atom is -0.465 e. The van der Waals surface area contributed by atoms with E-state index in [1.165, 1.54) is 7.11 Å². The third-order valence-corrected chi connectivity index (χ3v) is 4.81. The van der Waals surface area contributed by atoms with E-state index in [4.69, 9.17) is 4.74 Å². The molecule has 5 heteroatoms. The maximum Gasteiger partial charge on any atom is 0.337 e. The number of rotatable bonds is 5. The highest BCUT2D eigenvalue weighted by Gasteiger charge is 2.21. The normalized spacial score (nSPS) is 11.8. The van der Waals surface area contributed by atoms with Crippen molar-refractivity contribution in [3.05, 3.63) is 76.5 Å². The number of ether oxygens (including phenoxy) is 1. The molecule has 0 aliphatic rings. The van der Waals surface area contributed by atoms with Gasteiger partial charge in [0, 0.05) is 12.6 Å². The average Bonchev–Trinajstić information content (AvgIpc) is 3.08. The number of carbonyl (C=O) groups is 1. The third kappa shape index (κ3) is 4.63. The molecule has 5 nitrogen and oxygen atoms in total. The number of aliphatic hydroxyl groups is 1. The minimum atomic E-state index is -0.981. The van der Waals surface area contributed by atoms with Crippen LogP contribution in [0, 0.1) is 6.92 Å². The van der Waals surface area contributed by atoms with Crippen LogP contribution in [0.15, 0.2) is 48.5 Å². The van der Waals surface area contributed by atoms with Gasteiger partial charge in [-0.1, -0.05) is 42.5 Å². The van der Waals surface area contributed by atoms with Crippen molar-refractivity contribution in [3.63, 3.8) is 0 Å². The Morgan fingerprint density at radius 2 is 1.79 bits per heavy atom. The summed E-state index contributed by atoms with van der Waals surface area (Å²) >= 11 is 0. The van der Waals surface area contributed by atoms with Gasteiger partial charge < -0.3 is 9.84 Å². The summed E-state index contributed by atoms with van der Waals surface area (Å²) in [6.45, 7) is 5.52. The van der Waals surface area contributed by atoms with E-state index in [9.17, 15) is 9.90 Å². The fourth-order valence-corrected chi connectivity index (χ4v) is 3.18. The molecule has 0 amide bonds. The molecule has 0 atom stereocenters. The first-order valence-electron chi connectivity index (χ1n) is 9.43. The summed E-state index contributed by atoms with van der Waals surface area (Å²) in [7, 11) is 3.26. The fraction of sp³-hybridized carbons (Fsp3) is 0.250. The zero-order chi connectivity index (χ0) is 21.2. The van der Waals surface area contributed by atoms with E-state index in [1.807, 2.05) is 43.5 Å². The molecular formula is C24H26N2O3. The molecule has 3 aromatic rings. The van der Waals surface area contributed by atoms with E-state index in [-0.39, 0.29) is 5.97 Å². The number of aromatic nitrogens is 2. The van der Waals surface area contributed by atoms with Crippen LogP contribution in [0.1, 0.15) is 46.6 Å². The molecular weight excluding hydrogens is 364 g/mol. The van der Waals surface area contributed by atoms with E-state index in [0.717, 1.165) is 27.9 Å². The molecule has 0 saturated heterocycles. The van der Waals surface area contributed by atoms with Crippen molar-refractivity contribution in [3.8, 4) is 11.3 Å². The lowest BCUT2D eigenvalue weighted by Gasteiger charge is -2.12. The van der Waals surface area contributed by atoms with Crippen LogP contribution in [0.25, 0.3) is 23.4 Å². The Labute approximate surface area is 171 Å². The summed E-state index contributed by atoms with van der Waals surface area (Å²) in [6.07, 6.45) is 3.98. The zero-order valence-electron chi connectivity index (χ0n) is 17.4.